The zero-order chi connectivity index (χ0) is 14.3. The highest BCUT2D eigenvalue weighted by Gasteiger charge is 2.15. The number of rotatable bonds is 7. The zero-order valence-corrected chi connectivity index (χ0v) is 12.6. The number of alkyl halides is 1. The fourth-order valence-electron chi connectivity index (χ4n) is 1.44. The molecule has 0 saturated heterocycles. The number of aryl methyl sites for hydroxylation is 1. The van der Waals surface area contributed by atoms with Crippen LogP contribution < -0.4 is 4.74 Å². The lowest BCUT2D eigenvalue weighted by Crippen LogP contribution is -2.22. The van der Waals surface area contributed by atoms with Gasteiger partial charge >= 0.3 is 5.97 Å². The van der Waals surface area contributed by atoms with Crippen molar-refractivity contribution in [1.82, 2.24) is 0 Å². The number of carbonyl (C=O) groups is 2. The van der Waals surface area contributed by atoms with Crippen LogP contribution >= 0.6 is 15.9 Å². The summed E-state index contributed by atoms with van der Waals surface area (Å²) in [5.74, 6) is 0.499. The summed E-state index contributed by atoms with van der Waals surface area (Å²) in [5.41, 5.74) is 1.09. The molecule has 0 radical (unpaired) electrons. The van der Waals surface area contributed by atoms with Gasteiger partial charge in [0.15, 0.2) is 0 Å². The maximum absolute atomic E-state index is 11.2. The number of ketones is 1. The molecule has 1 aromatic carbocycles. The maximum atomic E-state index is 11.2. The molecule has 104 valence electrons. The summed E-state index contributed by atoms with van der Waals surface area (Å²) in [6, 6.07) is 7.48. The molecule has 5 heteroatoms. The van der Waals surface area contributed by atoms with E-state index >= 15 is 0 Å². The number of carbonyl (C=O) groups excluding carboxylic acids is 2. The minimum absolute atomic E-state index is 0.181. The van der Waals surface area contributed by atoms with Crippen LogP contribution in [0.2, 0.25) is 0 Å². The molecular weight excluding hydrogens is 312 g/mol. The summed E-state index contributed by atoms with van der Waals surface area (Å²) in [4.78, 5) is 21.6. The normalized spacial score (nSPS) is 11.7. The van der Waals surface area contributed by atoms with Crippen LogP contribution in [-0.2, 0) is 20.7 Å². The van der Waals surface area contributed by atoms with Crippen LogP contribution in [0.1, 0.15) is 18.9 Å². The van der Waals surface area contributed by atoms with Gasteiger partial charge < -0.3 is 14.3 Å². The topological polar surface area (TPSA) is 52.6 Å². The third-order valence-corrected chi connectivity index (χ3v) is 3.18. The average Bonchev–Trinajstić information content (AvgIpc) is 2.42. The molecule has 1 rings (SSSR count). The molecule has 0 amide bonds. The molecule has 0 aliphatic heterocycles. The molecular formula is C14H17BrO4. The second-order valence-electron chi connectivity index (χ2n) is 4.15. The lowest BCUT2D eigenvalue weighted by atomic mass is 10.1. The van der Waals surface area contributed by atoms with Crippen LogP contribution in [0.3, 0.4) is 0 Å². The van der Waals surface area contributed by atoms with Crippen molar-refractivity contribution in [1.29, 1.82) is 0 Å². The van der Waals surface area contributed by atoms with Crippen molar-refractivity contribution < 1.29 is 19.1 Å². The summed E-state index contributed by atoms with van der Waals surface area (Å²) >= 11 is 3.18. The SMILES string of the molecule is COC(=O)C(Br)COc1ccc(CCC(C)=O)cc1. The van der Waals surface area contributed by atoms with Crippen LogP contribution in [0, 0.1) is 0 Å². The average molecular weight is 329 g/mol. The first-order valence-corrected chi connectivity index (χ1v) is 6.87. The molecule has 1 unspecified atom stereocenters. The van der Waals surface area contributed by atoms with Crippen molar-refractivity contribution in [2.24, 2.45) is 0 Å². The highest BCUT2D eigenvalue weighted by molar-refractivity contribution is 9.10. The fraction of sp³-hybridized carbons (Fsp3) is 0.429. The van der Waals surface area contributed by atoms with E-state index in [0.717, 1.165) is 12.0 Å². The van der Waals surface area contributed by atoms with Crippen molar-refractivity contribution >= 4 is 27.7 Å². The first-order valence-electron chi connectivity index (χ1n) is 5.96. The molecule has 0 spiro atoms. The van der Waals surface area contributed by atoms with E-state index in [-0.39, 0.29) is 18.4 Å². The molecule has 0 fully saturated rings. The van der Waals surface area contributed by atoms with Crippen LogP contribution in [0.5, 0.6) is 5.75 Å². The summed E-state index contributed by atoms with van der Waals surface area (Å²) in [5, 5.41) is 0. The Morgan fingerprint density at radius 1 is 1.26 bits per heavy atom. The summed E-state index contributed by atoms with van der Waals surface area (Å²) in [7, 11) is 1.33. The Bertz CT molecular complexity index is 428. The van der Waals surface area contributed by atoms with Gasteiger partial charge in [-0.15, -0.1) is 0 Å². The molecule has 0 aromatic heterocycles. The van der Waals surface area contributed by atoms with Crippen LogP contribution in [0.4, 0.5) is 0 Å². The van der Waals surface area contributed by atoms with Gasteiger partial charge in [-0.1, -0.05) is 28.1 Å². The van der Waals surface area contributed by atoms with E-state index in [9.17, 15) is 9.59 Å². The number of hydrogen-bond donors (Lipinski definition) is 0. The lowest BCUT2D eigenvalue weighted by Gasteiger charge is -2.10. The van der Waals surface area contributed by atoms with Crippen molar-refractivity contribution in [3.8, 4) is 5.75 Å². The Hall–Kier alpha value is -1.36. The van der Waals surface area contributed by atoms with Gasteiger partial charge in [0, 0.05) is 6.42 Å². The Morgan fingerprint density at radius 2 is 1.89 bits per heavy atom. The van der Waals surface area contributed by atoms with Gasteiger partial charge in [-0.25, -0.2) is 0 Å². The predicted octanol–water partition coefficient (Wildman–Crippen LogP) is 2.52. The van der Waals surface area contributed by atoms with E-state index in [1.54, 1.807) is 6.92 Å². The zero-order valence-electron chi connectivity index (χ0n) is 11.0. The van der Waals surface area contributed by atoms with E-state index in [4.69, 9.17) is 4.74 Å². The second kappa shape index (κ2) is 7.94. The van der Waals surface area contributed by atoms with E-state index in [0.29, 0.717) is 12.2 Å². The van der Waals surface area contributed by atoms with Gasteiger partial charge in [0.1, 0.15) is 23.0 Å². The Morgan fingerprint density at radius 3 is 2.42 bits per heavy atom. The van der Waals surface area contributed by atoms with Gasteiger partial charge in [-0.05, 0) is 31.0 Å². The van der Waals surface area contributed by atoms with Gasteiger partial charge in [0.05, 0.1) is 7.11 Å². The molecule has 0 saturated carbocycles. The predicted molar refractivity (Wildman–Crippen MR) is 75.7 cm³/mol. The number of methoxy groups -OCH3 is 1. The number of Topliss-reactive ketones (excluding diaryl/α,β-unsaturated/α-hetero) is 1. The van der Waals surface area contributed by atoms with E-state index < -0.39 is 4.83 Å². The standard InChI is InChI=1S/C14H17BrO4/c1-10(16)3-4-11-5-7-12(8-6-11)19-9-13(15)14(17)18-2/h5-8,13H,3-4,9H2,1-2H3. The summed E-state index contributed by atoms with van der Waals surface area (Å²) in [6.07, 6.45) is 1.28. The lowest BCUT2D eigenvalue weighted by molar-refractivity contribution is -0.140. The second-order valence-corrected chi connectivity index (χ2v) is 5.25. The Kier molecular flexibility index (Phi) is 6.56. The summed E-state index contributed by atoms with van der Waals surface area (Å²) < 4.78 is 10.0. The maximum Gasteiger partial charge on any atom is 0.322 e. The molecule has 4 nitrogen and oxygen atoms in total. The van der Waals surface area contributed by atoms with Crippen molar-refractivity contribution in [2.45, 2.75) is 24.6 Å². The fourth-order valence-corrected chi connectivity index (χ4v) is 1.76. The number of benzene rings is 1. The molecule has 19 heavy (non-hydrogen) atoms. The summed E-state index contributed by atoms with van der Waals surface area (Å²) in [6.45, 7) is 1.79. The molecule has 0 aliphatic carbocycles. The smallest absolute Gasteiger partial charge is 0.322 e. The number of halogens is 1. The highest BCUT2D eigenvalue weighted by atomic mass is 79.9. The first kappa shape index (κ1) is 15.7. The van der Waals surface area contributed by atoms with Crippen LogP contribution in [-0.4, -0.2) is 30.3 Å². The largest absolute Gasteiger partial charge is 0.492 e. The van der Waals surface area contributed by atoms with Gasteiger partial charge in [0.2, 0.25) is 0 Å². The minimum Gasteiger partial charge on any atom is -0.492 e. The van der Waals surface area contributed by atoms with E-state index in [1.807, 2.05) is 24.3 Å². The minimum atomic E-state index is -0.477. The van der Waals surface area contributed by atoms with E-state index in [2.05, 4.69) is 20.7 Å². The molecule has 1 aromatic rings. The highest BCUT2D eigenvalue weighted by Crippen LogP contribution is 2.15. The molecule has 0 bridgehead atoms. The number of esters is 1. The van der Waals surface area contributed by atoms with Crippen molar-refractivity contribution in [3.05, 3.63) is 29.8 Å². The van der Waals surface area contributed by atoms with Gasteiger partial charge in [0.25, 0.3) is 0 Å². The third kappa shape index (κ3) is 5.87. The number of ether oxygens (including phenoxy) is 2. The quantitative estimate of drug-likeness (QED) is 0.570. The van der Waals surface area contributed by atoms with Gasteiger partial charge in [-0.3, -0.25) is 4.79 Å². The number of hydrogen-bond acceptors (Lipinski definition) is 4. The van der Waals surface area contributed by atoms with E-state index in [1.165, 1.54) is 7.11 Å². The van der Waals surface area contributed by atoms with Crippen LogP contribution in [0.25, 0.3) is 0 Å². The first-order chi connectivity index (χ1) is 9.02. The molecule has 0 heterocycles. The van der Waals surface area contributed by atoms with Gasteiger partial charge in [-0.2, -0.15) is 0 Å². The van der Waals surface area contributed by atoms with Crippen molar-refractivity contribution in [3.63, 3.8) is 0 Å². The monoisotopic (exact) mass is 328 g/mol. The Balaban J connectivity index is 2.44. The Labute approximate surface area is 121 Å². The van der Waals surface area contributed by atoms with Crippen molar-refractivity contribution in [2.75, 3.05) is 13.7 Å². The molecule has 0 N–H and O–H groups in total. The van der Waals surface area contributed by atoms with Crippen LogP contribution in [0.15, 0.2) is 24.3 Å². The third-order valence-electron chi connectivity index (χ3n) is 2.54. The molecule has 0 aliphatic rings. The molecule has 1 atom stereocenters.